The summed E-state index contributed by atoms with van der Waals surface area (Å²) in [6.45, 7) is 6.21. The van der Waals surface area contributed by atoms with Gasteiger partial charge in [0.2, 0.25) is 0 Å². The summed E-state index contributed by atoms with van der Waals surface area (Å²) >= 11 is 0. The van der Waals surface area contributed by atoms with Crippen LogP contribution in [0.3, 0.4) is 0 Å². The minimum atomic E-state index is -4.43. The van der Waals surface area contributed by atoms with Crippen molar-refractivity contribution in [3.8, 4) is 5.75 Å². The normalized spacial score (nSPS) is 19.4. The average molecular weight is 332 g/mol. The van der Waals surface area contributed by atoms with Gasteiger partial charge in [-0.05, 0) is 18.1 Å². The first-order chi connectivity index (χ1) is 10.8. The molecule has 1 aliphatic rings. The molecule has 1 heterocycles. The van der Waals surface area contributed by atoms with E-state index in [0.717, 1.165) is 38.3 Å². The van der Waals surface area contributed by atoms with Crippen molar-refractivity contribution in [2.75, 3.05) is 39.8 Å². The van der Waals surface area contributed by atoms with Crippen LogP contribution in [0.25, 0.3) is 0 Å². The van der Waals surface area contributed by atoms with Crippen LogP contribution in [-0.4, -0.2) is 49.8 Å². The highest BCUT2D eigenvalue weighted by Crippen LogP contribution is 2.36. The van der Waals surface area contributed by atoms with Crippen molar-refractivity contribution in [2.45, 2.75) is 19.2 Å². The largest absolute Gasteiger partial charge is 0.496 e. The van der Waals surface area contributed by atoms with Crippen molar-refractivity contribution in [1.29, 1.82) is 0 Å². The summed E-state index contributed by atoms with van der Waals surface area (Å²) in [6, 6.07) is 3.23. The Morgan fingerprint density at radius 3 is 2.52 bits per heavy atom. The zero-order valence-corrected chi connectivity index (χ0v) is 13.4. The van der Waals surface area contributed by atoms with E-state index in [4.69, 9.17) is 4.74 Å². The number of nitrogens with one attached hydrogen (secondary N) is 1. The van der Waals surface area contributed by atoms with E-state index in [2.05, 4.69) is 10.2 Å². The molecule has 4 nitrogen and oxygen atoms in total. The maximum absolute atomic E-state index is 12.8. The fraction of sp³-hybridized carbons (Fsp3) is 0.625. The number of benzene rings is 1. The van der Waals surface area contributed by atoms with Gasteiger partial charge in [0.25, 0.3) is 0 Å². The summed E-state index contributed by atoms with van der Waals surface area (Å²) in [6.07, 6.45) is -5.30. The molecule has 2 N–H and O–H groups in total. The maximum Gasteiger partial charge on any atom is 0.416 e. The van der Waals surface area contributed by atoms with Crippen molar-refractivity contribution in [1.82, 2.24) is 10.2 Å². The van der Waals surface area contributed by atoms with Crippen molar-refractivity contribution in [3.05, 3.63) is 29.3 Å². The van der Waals surface area contributed by atoms with Crippen LogP contribution in [0.2, 0.25) is 0 Å². The van der Waals surface area contributed by atoms with Gasteiger partial charge in [-0.25, -0.2) is 0 Å². The van der Waals surface area contributed by atoms with Gasteiger partial charge in [-0.3, -0.25) is 0 Å². The van der Waals surface area contributed by atoms with E-state index in [1.54, 1.807) is 0 Å². The third-order valence-electron chi connectivity index (χ3n) is 4.17. The van der Waals surface area contributed by atoms with Gasteiger partial charge in [-0.1, -0.05) is 13.0 Å². The topological polar surface area (TPSA) is 44.7 Å². The molecule has 0 aliphatic carbocycles. The van der Waals surface area contributed by atoms with Gasteiger partial charge in [-0.15, -0.1) is 0 Å². The molecule has 0 spiro atoms. The Morgan fingerprint density at radius 2 is 1.96 bits per heavy atom. The summed E-state index contributed by atoms with van der Waals surface area (Å²) in [5.41, 5.74) is -0.386. The predicted molar refractivity (Wildman–Crippen MR) is 81.4 cm³/mol. The second-order valence-electron chi connectivity index (χ2n) is 5.93. The summed E-state index contributed by atoms with van der Waals surface area (Å²) < 4.78 is 43.4. The van der Waals surface area contributed by atoms with Crippen LogP contribution in [0, 0.1) is 5.92 Å². The number of rotatable bonds is 5. The Kier molecular flexibility index (Phi) is 5.89. The number of halogens is 3. The van der Waals surface area contributed by atoms with E-state index in [9.17, 15) is 18.3 Å². The Hall–Kier alpha value is -1.31. The number of hydrogen-bond donors (Lipinski definition) is 2. The highest BCUT2D eigenvalue weighted by atomic mass is 19.4. The molecule has 1 fully saturated rings. The highest BCUT2D eigenvalue weighted by Gasteiger charge is 2.32. The predicted octanol–water partition coefficient (Wildman–Crippen LogP) is 2.29. The average Bonchev–Trinajstić information content (AvgIpc) is 2.53. The van der Waals surface area contributed by atoms with E-state index in [1.807, 2.05) is 6.92 Å². The Labute approximate surface area is 134 Å². The molecule has 2 unspecified atom stereocenters. The van der Waals surface area contributed by atoms with Crippen LogP contribution in [0.1, 0.15) is 24.2 Å². The zero-order valence-electron chi connectivity index (χ0n) is 13.4. The molecule has 0 amide bonds. The molecule has 7 heteroatoms. The third-order valence-corrected chi connectivity index (χ3v) is 4.17. The molecule has 1 aliphatic heterocycles. The number of methoxy groups -OCH3 is 1. The van der Waals surface area contributed by atoms with Crippen LogP contribution in [0.15, 0.2) is 18.2 Å². The molecule has 2 rings (SSSR count). The molecule has 0 radical (unpaired) electrons. The first-order valence-corrected chi connectivity index (χ1v) is 7.69. The number of aliphatic hydroxyl groups excluding tert-OH is 1. The SMILES string of the molecule is COc1cc(C(F)(F)F)ccc1C(O)C(C)CN1CCNCC1. The second kappa shape index (κ2) is 7.51. The summed E-state index contributed by atoms with van der Waals surface area (Å²) in [5, 5.41) is 13.8. The molecule has 0 saturated carbocycles. The van der Waals surface area contributed by atoms with E-state index in [1.165, 1.54) is 13.2 Å². The van der Waals surface area contributed by atoms with E-state index in [0.29, 0.717) is 12.1 Å². The van der Waals surface area contributed by atoms with Crippen LogP contribution in [0.4, 0.5) is 13.2 Å². The van der Waals surface area contributed by atoms with E-state index < -0.39 is 17.8 Å². The standard InChI is InChI=1S/C16H23F3N2O2/c1-11(10-21-7-5-20-6-8-21)15(22)13-4-3-12(16(17,18)19)9-14(13)23-2/h3-4,9,11,15,20,22H,5-8,10H2,1-2H3. The minimum absolute atomic E-state index is 0.0690. The fourth-order valence-electron chi connectivity index (χ4n) is 2.84. The van der Waals surface area contributed by atoms with E-state index >= 15 is 0 Å². The first kappa shape index (κ1) is 18.0. The van der Waals surface area contributed by atoms with Gasteiger partial charge in [0.1, 0.15) is 5.75 Å². The molecule has 1 aromatic rings. The number of aliphatic hydroxyl groups is 1. The maximum atomic E-state index is 12.8. The van der Waals surface area contributed by atoms with Gasteiger partial charge in [0, 0.05) is 38.3 Å². The Balaban J connectivity index is 2.12. The molecule has 1 aromatic carbocycles. The molecule has 130 valence electrons. The summed E-state index contributed by atoms with van der Waals surface area (Å²) in [4.78, 5) is 2.24. The lowest BCUT2D eigenvalue weighted by Crippen LogP contribution is -2.45. The van der Waals surface area contributed by atoms with Crippen molar-refractivity contribution in [2.24, 2.45) is 5.92 Å². The molecule has 2 atom stereocenters. The molecular formula is C16H23F3N2O2. The van der Waals surface area contributed by atoms with Crippen LogP contribution in [0.5, 0.6) is 5.75 Å². The number of ether oxygens (including phenoxy) is 1. The summed E-state index contributed by atoms with van der Waals surface area (Å²) in [7, 11) is 1.31. The Morgan fingerprint density at radius 1 is 1.30 bits per heavy atom. The smallest absolute Gasteiger partial charge is 0.416 e. The minimum Gasteiger partial charge on any atom is -0.496 e. The number of nitrogens with zero attached hydrogens (tertiary/aromatic N) is 1. The number of piperazine rings is 1. The van der Waals surface area contributed by atoms with Gasteiger partial charge in [0.15, 0.2) is 0 Å². The number of alkyl halides is 3. The molecule has 0 aromatic heterocycles. The third kappa shape index (κ3) is 4.59. The number of hydrogen-bond acceptors (Lipinski definition) is 4. The van der Waals surface area contributed by atoms with Gasteiger partial charge < -0.3 is 20.1 Å². The van der Waals surface area contributed by atoms with Gasteiger partial charge >= 0.3 is 6.18 Å². The molecule has 1 saturated heterocycles. The molecule has 23 heavy (non-hydrogen) atoms. The van der Waals surface area contributed by atoms with Crippen molar-refractivity contribution >= 4 is 0 Å². The quantitative estimate of drug-likeness (QED) is 0.868. The van der Waals surface area contributed by atoms with Gasteiger partial charge in [-0.2, -0.15) is 13.2 Å². The van der Waals surface area contributed by atoms with Crippen molar-refractivity contribution < 1.29 is 23.0 Å². The highest BCUT2D eigenvalue weighted by molar-refractivity contribution is 5.40. The fourth-order valence-corrected chi connectivity index (χ4v) is 2.84. The monoisotopic (exact) mass is 332 g/mol. The Bertz CT molecular complexity index is 517. The molecule has 0 bridgehead atoms. The van der Waals surface area contributed by atoms with E-state index in [-0.39, 0.29) is 11.7 Å². The summed E-state index contributed by atoms with van der Waals surface area (Å²) in [5.74, 6) is -0.0433. The lowest BCUT2D eigenvalue weighted by molar-refractivity contribution is -0.137. The second-order valence-corrected chi connectivity index (χ2v) is 5.93. The van der Waals surface area contributed by atoms with Crippen LogP contribution < -0.4 is 10.1 Å². The molecular weight excluding hydrogens is 309 g/mol. The zero-order chi connectivity index (χ0) is 17.0. The lowest BCUT2D eigenvalue weighted by atomic mass is 9.95. The first-order valence-electron chi connectivity index (χ1n) is 7.69. The van der Waals surface area contributed by atoms with Crippen LogP contribution in [-0.2, 0) is 6.18 Å². The lowest BCUT2D eigenvalue weighted by Gasteiger charge is -2.31. The van der Waals surface area contributed by atoms with Gasteiger partial charge in [0.05, 0.1) is 18.8 Å². The van der Waals surface area contributed by atoms with Crippen molar-refractivity contribution in [3.63, 3.8) is 0 Å². The van der Waals surface area contributed by atoms with Crippen LogP contribution >= 0.6 is 0 Å².